The SMILES string of the molecule is C[C@@]1(c2ccco2)NC(=O)N(C[C@H](O)COc2ccc(Cl)cc2Cl)C1=O. The van der Waals surface area contributed by atoms with Gasteiger partial charge in [-0.15, -0.1) is 0 Å². The fourth-order valence-electron chi connectivity index (χ4n) is 2.63. The molecule has 26 heavy (non-hydrogen) atoms. The first-order chi connectivity index (χ1) is 12.3. The fraction of sp³-hybridized carbons (Fsp3) is 0.294. The number of hydrogen-bond donors (Lipinski definition) is 2. The summed E-state index contributed by atoms with van der Waals surface area (Å²) in [7, 11) is 0. The number of urea groups is 1. The van der Waals surface area contributed by atoms with Gasteiger partial charge in [0.05, 0.1) is 17.8 Å². The maximum atomic E-state index is 12.6. The Labute approximate surface area is 159 Å². The van der Waals surface area contributed by atoms with Crippen LogP contribution in [0.2, 0.25) is 10.0 Å². The first-order valence-corrected chi connectivity index (χ1v) is 8.51. The summed E-state index contributed by atoms with van der Waals surface area (Å²) in [5, 5.41) is 13.5. The van der Waals surface area contributed by atoms with Crippen molar-refractivity contribution in [3.8, 4) is 5.75 Å². The molecular weight excluding hydrogens is 383 g/mol. The fourth-order valence-corrected chi connectivity index (χ4v) is 3.10. The molecule has 1 fully saturated rings. The van der Waals surface area contributed by atoms with Gasteiger partial charge in [0.15, 0.2) is 5.54 Å². The standard InChI is InChI=1S/C17H16Cl2N2O5/c1-17(14-3-2-6-25-14)15(23)21(16(24)20-17)8-11(22)9-26-13-5-4-10(18)7-12(13)19/h2-7,11,22H,8-9H2,1H3,(H,20,24)/t11-,17-/m0/s1. The van der Waals surface area contributed by atoms with Gasteiger partial charge in [-0.2, -0.15) is 0 Å². The molecule has 1 saturated heterocycles. The Morgan fingerprint density at radius 3 is 2.77 bits per heavy atom. The third-order valence-corrected chi connectivity index (χ3v) is 4.54. The zero-order chi connectivity index (χ0) is 18.9. The molecule has 0 aliphatic carbocycles. The molecule has 3 amide bonds. The number of benzene rings is 1. The van der Waals surface area contributed by atoms with Crippen LogP contribution in [-0.2, 0) is 10.3 Å². The number of hydrogen-bond acceptors (Lipinski definition) is 5. The summed E-state index contributed by atoms with van der Waals surface area (Å²) in [6.45, 7) is 1.16. The van der Waals surface area contributed by atoms with Crippen molar-refractivity contribution in [3.05, 3.63) is 52.4 Å². The van der Waals surface area contributed by atoms with Crippen LogP contribution in [0, 0.1) is 0 Å². The van der Waals surface area contributed by atoms with Gasteiger partial charge in [-0.25, -0.2) is 4.79 Å². The summed E-state index contributed by atoms with van der Waals surface area (Å²) in [4.78, 5) is 25.7. The van der Waals surface area contributed by atoms with Crippen molar-refractivity contribution >= 4 is 35.1 Å². The van der Waals surface area contributed by atoms with Crippen LogP contribution >= 0.6 is 23.2 Å². The van der Waals surface area contributed by atoms with Crippen LogP contribution < -0.4 is 10.1 Å². The molecular formula is C17H16Cl2N2O5. The molecule has 2 heterocycles. The third kappa shape index (κ3) is 3.51. The van der Waals surface area contributed by atoms with Gasteiger partial charge in [0.2, 0.25) is 0 Å². The van der Waals surface area contributed by atoms with Gasteiger partial charge in [0, 0.05) is 5.02 Å². The number of aliphatic hydroxyl groups is 1. The predicted octanol–water partition coefficient (Wildman–Crippen LogP) is 2.79. The second-order valence-corrected chi connectivity index (χ2v) is 6.83. The van der Waals surface area contributed by atoms with Crippen molar-refractivity contribution in [2.45, 2.75) is 18.6 Å². The summed E-state index contributed by atoms with van der Waals surface area (Å²) < 4.78 is 10.7. The molecule has 0 unspecified atom stereocenters. The van der Waals surface area contributed by atoms with Crippen LogP contribution in [0.3, 0.4) is 0 Å². The van der Waals surface area contributed by atoms with Crippen molar-refractivity contribution in [1.82, 2.24) is 10.2 Å². The third-order valence-electron chi connectivity index (χ3n) is 4.01. The predicted molar refractivity (Wildman–Crippen MR) is 94.3 cm³/mol. The smallest absolute Gasteiger partial charge is 0.325 e. The second kappa shape index (κ2) is 7.19. The first kappa shape index (κ1) is 18.6. The molecule has 7 nitrogen and oxygen atoms in total. The van der Waals surface area contributed by atoms with Crippen molar-refractivity contribution in [2.75, 3.05) is 13.2 Å². The van der Waals surface area contributed by atoms with Crippen molar-refractivity contribution < 1.29 is 23.8 Å². The summed E-state index contributed by atoms with van der Waals surface area (Å²) in [6.07, 6.45) is 0.316. The molecule has 3 rings (SSSR count). The van der Waals surface area contributed by atoms with Gasteiger partial charge in [0.25, 0.3) is 5.91 Å². The lowest BCUT2D eigenvalue weighted by Gasteiger charge is -2.21. The van der Waals surface area contributed by atoms with Gasteiger partial charge < -0.3 is 19.6 Å². The summed E-state index contributed by atoms with van der Waals surface area (Å²) >= 11 is 11.8. The molecule has 2 N–H and O–H groups in total. The van der Waals surface area contributed by atoms with E-state index in [0.29, 0.717) is 21.6 Å². The number of halogens is 2. The minimum atomic E-state index is -1.30. The molecule has 1 aliphatic heterocycles. The summed E-state index contributed by atoms with van der Waals surface area (Å²) in [6, 6.07) is 7.29. The minimum absolute atomic E-state index is 0.157. The number of furan rings is 1. The lowest BCUT2D eigenvalue weighted by atomic mass is 9.99. The lowest BCUT2D eigenvalue weighted by molar-refractivity contribution is -0.132. The van der Waals surface area contributed by atoms with Crippen LogP contribution in [0.15, 0.2) is 41.0 Å². The molecule has 9 heteroatoms. The highest BCUT2D eigenvalue weighted by Crippen LogP contribution is 2.30. The van der Waals surface area contributed by atoms with Gasteiger partial charge in [-0.3, -0.25) is 9.69 Å². The van der Waals surface area contributed by atoms with Crippen LogP contribution in [0.1, 0.15) is 12.7 Å². The Bertz CT molecular complexity index is 827. The maximum Gasteiger partial charge on any atom is 0.325 e. The molecule has 138 valence electrons. The average molecular weight is 399 g/mol. The van der Waals surface area contributed by atoms with Crippen molar-refractivity contribution in [1.29, 1.82) is 0 Å². The molecule has 1 aromatic carbocycles. The number of imide groups is 1. The zero-order valence-corrected chi connectivity index (χ0v) is 15.3. The Hall–Kier alpha value is -2.22. The minimum Gasteiger partial charge on any atom is -0.489 e. The number of β-amino-alcohol motifs (C(OH)–C–C–N with tert-alkyl or cyclic N) is 1. The van der Waals surface area contributed by atoms with Gasteiger partial charge >= 0.3 is 6.03 Å². The number of nitrogens with one attached hydrogen (secondary N) is 1. The van der Waals surface area contributed by atoms with E-state index in [1.165, 1.54) is 12.3 Å². The molecule has 0 saturated carbocycles. The zero-order valence-electron chi connectivity index (χ0n) is 13.7. The van der Waals surface area contributed by atoms with Crippen molar-refractivity contribution in [2.24, 2.45) is 0 Å². The maximum absolute atomic E-state index is 12.6. The van der Waals surface area contributed by atoms with Gasteiger partial charge in [-0.1, -0.05) is 23.2 Å². The molecule has 2 atom stereocenters. The van der Waals surface area contributed by atoms with Crippen LogP contribution in [-0.4, -0.2) is 41.2 Å². The second-order valence-electron chi connectivity index (χ2n) is 5.99. The monoisotopic (exact) mass is 398 g/mol. The van der Waals surface area contributed by atoms with Gasteiger partial charge in [0.1, 0.15) is 24.2 Å². The first-order valence-electron chi connectivity index (χ1n) is 7.75. The quantitative estimate of drug-likeness (QED) is 0.729. The molecule has 1 aliphatic rings. The normalized spacial score (nSPS) is 21.0. The number of aliphatic hydroxyl groups excluding tert-OH is 1. The summed E-state index contributed by atoms with van der Waals surface area (Å²) in [5.74, 6) is 0.144. The van der Waals surface area contributed by atoms with E-state index in [2.05, 4.69) is 5.32 Å². The van der Waals surface area contributed by atoms with E-state index in [1.54, 1.807) is 31.2 Å². The van der Waals surface area contributed by atoms with E-state index in [9.17, 15) is 14.7 Å². The number of ether oxygens (including phenoxy) is 1. The Morgan fingerprint density at radius 1 is 1.35 bits per heavy atom. The lowest BCUT2D eigenvalue weighted by Crippen LogP contribution is -2.42. The van der Waals surface area contributed by atoms with E-state index in [0.717, 1.165) is 4.90 Å². The highest BCUT2D eigenvalue weighted by atomic mass is 35.5. The highest BCUT2D eigenvalue weighted by molar-refractivity contribution is 6.35. The van der Waals surface area contributed by atoms with Gasteiger partial charge in [-0.05, 0) is 37.3 Å². The number of carbonyl (C=O) groups is 2. The number of rotatable bonds is 6. The van der Waals surface area contributed by atoms with Crippen LogP contribution in [0.4, 0.5) is 4.79 Å². The Morgan fingerprint density at radius 2 is 2.12 bits per heavy atom. The topological polar surface area (TPSA) is 92.0 Å². The number of carbonyl (C=O) groups excluding carboxylic acids is 2. The van der Waals surface area contributed by atoms with E-state index < -0.39 is 23.6 Å². The van der Waals surface area contributed by atoms with Crippen LogP contribution in [0.5, 0.6) is 5.75 Å². The molecule has 0 bridgehead atoms. The van der Waals surface area contributed by atoms with Crippen molar-refractivity contribution in [3.63, 3.8) is 0 Å². The Balaban J connectivity index is 1.63. The average Bonchev–Trinajstić information content (AvgIpc) is 3.19. The number of amides is 3. The number of nitrogens with zero attached hydrogens (tertiary/aromatic N) is 1. The molecule has 0 spiro atoms. The van der Waals surface area contributed by atoms with Crippen LogP contribution in [0.25, 0.3) is 0 Å². The largest absolute Gasteiger partial charge is 0.489 e. The molecule has 1 aromatic heterocycles. The molecule has 0 radical (unpaired) electrons. The molecule has 2 aromatic rings. The van der Waals surface area contributed by atoms with E-state index >= 15 is 0 Å². The van der Waals surface area contributed by atoms with E-state index in [1.807, 2.05) is 0 Å². The van der Waals surface area contributed by atoms with E-state index in [4.69, 9.17) is 32.4 Å². The van der Waals surface area contributed by atoms with E-state index in [-0.39, 0.29) is 13.2 Å². The highest BCUT2D eigenvalue weighted by Gasteiger charge is 2.51. The summed E-state index contributed by atoms with van der Waals surface area (Å²) in [5.41, 5.74) is -1.30. The Kier molecular flexibility index (Phi) is 5.13.